The zero-order chi connectivity index (χ0) is 17.3. The molecule has 0 saturated carbocycles. The van der Waals surface area contributed by atoms with Crippen LogP contribution in [0.15, 0.2) is 36.4 Å². The van der Waals surface area contributed by atoms with Crippen LogP contribution in [-0.4, -0.2) is 25.0 Å². The fraction of sp³-hybridized carbons (Fsp3) is 0.222. The van der Waals surface area contributed by atoms with E-state index in [1.165, 1.54) is 0 Å². The molecule has 2 aromatic rings. The second-order valence-corrected chi connectivity index (χ2v) is 5.62. The van der Waals surface area contributed by atoms with Gasteiger partial charge in [-0.25, -0.2) is 0 Å². The number of rotatable bonds is 3. The van der Waals surface area contributed by atoms with E-state index in [0.717, 1.165) is 5.56 Å². The fourth-order valence-corrected chi connectivity index (χ4v) is 2.46. The number of benzene rings is 2. The topological polar surface area (TPSA) is 76.7 Å². The summed E-state index contributed by atoms with van der Waals surface area (Å²) in [7, 11) is 1.55. The van der Waals surface area contributed by atoms with Gasteiger partial charge in [-0.3, -0.25) is 9.59 Å². The molecule has 124 valence electrons. The number of carbonyl (C=O) groups excluding carboxylic acids is 2. The molecule has 24 heavy (non-hydrogen) atoms. The molecule has 1 heterocycles. The largest absolute Gasteiger partial charge is 0.495 e. The van der Waals surface area contributed by atoms with Crippen LogP contribution in [0.1, 0.15) is 22.8 Å². The minimum Gasteiger partial charge on any atom is -0.495 e. The highest BCUT2D eigenvalue weighted by Crippen LogP contribution is 2.31. The van der Waals surface area contributed by atoms with Crippen molar-refractivity contribution < 1.29 is 19.1 Å². The van der Waals surface area contributed by atoms with E-state index in [2.05, 4.69) is 10.6 Å². The smallest absolute Gasteiger partial charge is 0.265 e. The highest BCUT2D eigenvalue weighted by molar-refractivity contribution is 6.06. The van der Waals surface area contributed by atoms with Crippen LogP contribution in [-0.2, 0) is 4.79 Å². The van der Waals surface area contributed by atoms with Crippen LogP contribution in [0, 0.1) is 6.92 Å². The maximum Gasteiger partial charge on any atom is 0.265 e. The van der Waals surface area contributed by atoms with Crippen LogP contribution in [0.5, 0.6) is 11.5 Å². The van der Waals surface area contributed by atoms with Crippen molar-refractivity contribution in [2.45, 2.75) is 20.0 Å². The zero-order valence-electron chi connectivity index (χ0n) is 13.7. The molecule has 1 aliphatic heterocycles. The summed E-state index contributed by atoms with van der Waals surface area (Å²) in [6, 6.07) is 10.5. The number of ether oxygens (including phenoxy) is 2. The Kier molecular flexibility index (Phi) is 4.12. The molecule has 1 atom stereocenters. The first-order chi connectivity index (χ1) is 11.5. The number of nitrogens with one attached hydrogen (secondary N) is 2. The first-order valence-electron chi connectivity index (χ1n) is 7.55. The van der Waals surface area contributed by atoms with Crippen molar-refractivity contribution in [1.29, 1.82) is 0 Å². The molecule has 0 bridgehead atoms. The lowest BCUT2D eigenvalue weighted by molar-refractivity contribution is -0.122. The van der Waals surface area contributed by atoms with Crippen molar-refractivity contribution in [2.75, 3.05) is 17.7 Å². The van der Waals surface area contributed by atoms with Gasteiger partial charge in [0.1, 0.15) is 11.5 Å². The van der Waals surface area contributed by atoms with Gasteiger partial charge in [0, 0.05) is 5.56 Å². The van der Waals surface area contributed by atoms with E-state index in [1.807, 2.05) is 19.1 Å². The van der Waals surface area contributed by atoms with Gasteiger partial charge in [-0.2, -0.15) is 0 Å². The summed E-state index contributed by atoms with van der Waals surface area (Å²) >= 11 is 0. The average Bonchev–Trinajstić information content (AvgIpc) is 2.55. The molecule has 0 aromatic heterocycles. The maximum atomic E-state index is 12.5. The quantitative estimate of drug-likeness (QED) is 0.909. The molecular formula is C18H18N2O4. The number of hydrogen-bond acceptors (Lipinski definition) is 4. The standard InChI is InChI=1S/C18H18N2O4/c1-10-4-7-15(23-3)14(8-10)20-18(22)12-5-6-13-16(9-12)24-11(2)17(21)19-13/h4-9,11H,1-3H3,(H,19,21)(H,20,22). The SMILES string of the molecule is COc1ccc(C)cc1NC(=O)c1ccc2c(c1)OC(C)C(=O)N2. The Hall–Kier alpha value is -3.02. The van der Waals surface area contributed by atoms with Crippen molar-refractivity contribution in [1.82, 2.24) is 0 Å². The minimum absolute atomic E-state index is 0.204. The molecule has 0 saturated heterocycles. The van der Waals surface area contributed by atoms with Crippen molar-refractivity contribution >= 4 is 23.2 Å². The molecule has 1 unspecified atom stereocenters. The van der Waals surface area contributed by atoms with Gasteiger partial charge in [0.05, 0.1) is 18.5 Å². The third kappa shape index (κ3) is 3.03. The number of carbonyl (C=O) groups is 2. The first-order valence-corrected chi connectivity index (χ1v) is 7.55. The Bertz CT molecular complexity index is 817. The highest BCUT2D eigenvalue weighted by atomic mass is 16.5. The fourth-order valence-electron chi connectivity index (χ4n) is 2.46. The molecular weight excluding hydrogens is 308 g/mol. The second kappa shape index (κ2) is 6.23. The van der Waals surface area contributed by atoms with E-state index in [4.69, 9.17) is 9.47 Å². The van der Waals surface area contributed by atoms with Crippen LogP contribution in [0.3, 0.4) is 0 Å². The minimum atomic E-state index is -0.590. The van der Waals surface area contributed by atoms with Gasteiger partial charge in [-0.1, -0.05) is 6.07 Å². The second-order valence-electron chi connectivity index (χ2n) is 5.62. The molecule has 1 aliphatic rings. The molecule has 6 heteroatoms. The van der Waals surface area contributed by atoms with Crippen LogP contribution in [0.4, 0.5) is 11.4 Å². The monoisotopic (exact) mass is 326 g/mol. The predicted octanol–water partition coefficient (Wildman–Crippen LogP) is 2.98. The molecule has 6 nitrogen and oxygen atoms in total. The van der Waals surface area contributed by atoms with Crippen molar-refractivity contribution in [2.24, 2.45) is 0 Å². The molecule has 0 fully saturated rings. The Morgan fingerprint density at radius 3 is 2.79 bits per heavy atom. The van der Waals surface area contributed by atoms with Gasteiger partial charge < -0.3 is 20.1 Å². The van der Waals surface area contributed by atoms with E-state index in [0.29, 0.717) is 28.4 Å². The van der Waals surface area contributed by atoms with E-state index in [1.54, 1.807) is 38.3 Å². The van der Waals surface area contributed by atoms with E-state index in [-0.39, 0.29) is 11.8 Å². The molecule has 3 rings (SSSR count). The number of hydrogen-bond donors (Lipinski definition) is 2. The average molecular weight is 326 g/mol. The normalized spacial score (nSPS) is 15.8. The number of amides is 2. The first kappa shape index (κ1) is 15.9. The summed E-state index contributed by atoms with van der Waals surface area (Å²) < 4.78 is 10.8. The molecule has 2 amide bonds. The highest BCUT2D eigenvalue weighted by Gasteiger charge is 2.24. The number of aryl methyl sites for hydroxylation is 1. The Morgan fingerprint density at radius 1 is 1.25 bits per heavy atom. The van der Waals surface area contributed by atoms with Gasteiger partial charge in [-0.05, 0) is 49.7 Å². The lowest BCUT2D eigenvalue weighted by atomic mass is 10.1. The number of methoxy groups -OCH3 is 1. The molecule has 0 aliphatic carbocycles. The van der Waals surface area contributed by atoms with Crippen LogP contribution >= 0.6 is 0 Å². The van der Waals surface area contributed by atoms with Crippen molar-refractivity contribution in [3.8, 4) is 11.5 Å². The Morgan fingerprint density at radius 2 is 2.04 bits per heavy atom. The summed E-state index contributed by atoms with van der Waals surface area (Å²) in [5.74, 6) is 0.578. The van der Waals surface area contributed by atoms with Crippen molar-refractivity contribution in [3.63, 3.8) is 0 Å². The van der Waals surface area contributed by atoms with Crippen LogP contribution < -0.4 is 20.1 Å². The van der Waals surface area contributed by atoms with Crippen LogP contribution in [0.25, 0.3) is 0 Å². The van der Waals surface area contributed by atoms with Crippen LogP contribution in [0.2, 0.25) is 0 Å². The zero-order valence-corrected chi connectivity index (χ0v) is 13.7. The summed E-state index contributed by atoms with van der Waals surface area (Å²) in [6.45, 7) is 3.59. The van der Waals surface area contributed by atoms with E-state index in [9.17, 15) is 9.59 Å². The number of fused-ring (bicyclic) bond motifs is 1. The summed E-state index contributed by atoms with van der Waals surface area (Å²) in [5, 5.41) is 5.57. The molecule has 2 N–H and O–H groups in total. The maximum absolute atomic E-state index is 12.5. The summed E-state index contributed by atoms with van der Waals surface area (Å²) in [6.07, 6.45) is -0.590. The lowest BCUT2D eigenvalue weighted by Gasteiger charge is -2.23. The number of anilines is 2. The third-order valence-corrected chi connectivity index (χ3v) is 3.78. The third-order valence-electron chi connectivity index (χ3n) is 3.78. The summed E-state index contributed by atoms with van der Waals surface area (Å²) in [4.78, 5) is 24.1. The Labute approximate surface area is 139 Å². The van der Waals surface area contributed by atoms with Crippen molar-refractivity contribution in [3.05, 3.63) is 47.5 Å². The molecule has 0 radical (unpaired) electrons. The van der Waals surface area contributed by atoms with Gasteiger partial charge in [0.2, 0.25) is 0 Å². The molecule has 0 spiro atoms. The Balaban J connectivity index is 1.85. The van der Waals surface area contributed by atoms with E-state index >= 15 is 0 Å². The lowest BCUT2D eigenvalue weighted by Crippen LogP contribution is -2.34. The summed E-state index contributed by atoms with van der Waals surface area (Å²) in [5.41, 5.74) is 2.60. The van der Waals surface area contributed by atoms with Gasteiger partial charge in [0.25, 0.3) is 11.8 Å². The van der Waals surface area contributed by atoms with Gasteiger partial charge in [-0.15, -0.1) is 0 Å². The van der Waals surface area contributed by atoms with Gasteiger partial charge in [0.15, 0.2) is 6.10 Å². The predicted molar refractivity (Wildman–Crippen MR) is 90.8 cm³/mol. The van der Waals surface area contributed by atoms with E-state index < -0.39 is 6.10 Å². The van der Waals surface area contributed by atoms with Gasteiger partial charge >= 0.3 is 0 Å². The molecule has 2 aromatic carbocycles.